The highest BCUT2D eigenvalue weighted by Gasteiger charge is 2.20. The normalized spacial score (nSPS) is 18.7. The first kappa shape index (κ1) is 14.9. The highest BCUT2D eigenvalue weighted by molar-refractivity contribution is 5.94. The number of nitrogen functional groups attached to an aromatic ring is 1. The Morgan fingerprint density at radius 3 is 2.80 bits per heavy atom. The minimum absolute atomic E-state index is 0.0467. The lowest BCUT2D eigenvalue weighted by molar-refractivity contribution is 0.0922. The third-order valence-electron chi connectivity index (χ3n) is 4.15. The van der Waals surface area contributed by atoms with Gasteiger partial charge < -0.3 is 11.1 Å². The molecule has 110 valence electrons. The molecule has 0 bridgehead atoms. The number of nitrogens with one attached hydrogen (secondary N) is 1. The van der Waals surface area contributed by atoms with Gasteiger partial charge in [-0.2, -0.15) is 0 Å². The van der Waals surface area contributed by atoms with Crippen molar-refractivity contribution in [2.75, 3.05) is 25.4 Å². The second kappa shape index (κ2) is 6.75. The quantitative estimate of drug-likeness (QED) is 0.828. The van der Waals surface area contributed by atoms with Crippen LogP contribution in [0.2, 0.25) is 0 Å². The van der Waals surface area contributed by atoms with Crippen LogP contribution in [0, 0.1) is 5.92 Å². The standard InChI is InChI=1S/C16H25N3O/c1-12-6-8-19(9-7-12)13(2)11-18-16(20)14-4-3-5-15(17)10-14/h3-5,10,12-13H,6-9,11,17H2,1-2H3,(H,18,20). The maximum atomic E-state index is 12.1. The molecule has 0 aromatic heterocycles. The number of nitrogens with zero attached hydrogens (tertiary/aromatic N) is 1. The summed E-state index contributed by atoms with van der Waals surface area (Å²) in [5.41, 5.74) is 6.94. The minimum atomic E-state index is -0.0467. The monoisotopic (exact) mass is 275 g/mol. The lowest BCUT2D eigenvalue weighted by atomic mass is 9.98. The Morgan fingerprint density at radius 2 is 2.15 bits per heavy atom. The molecule has 0 radical (unpaired) electrons. The molecule has 0 saturated carbocycles. The molecule has 1 aliphatic rings. The third-order valence-corrected chi connectivity index (χ3v) is 4.15. The summed E-state index contributed by atoms with van der Waals surface area (Å²) in [7, 11) is 0. The Morgan fingerprint density at radius 1 is 1.45 bits per heavy atom. The zero-order valence-electron chi connectivity index (χ0n) is 12.4. The summed E-state index contributed by atoms with van der Waals surface area (Å²) < 4.78 is 0. The first-order valence-corrected chi connectivity index (χ1v) is 7.44. The first-order chi connectivity index (χ1) is 9.56. The third kappa shape index (κ3) is 3.97. The number of likely N-dealkylation sites (tertiary alicyclic amines) is 1. The van der Waals surface area contributed by atoms with Crippen LogP contribution >= 0.6 is 0 Å². The van der Waals surface area contributed by atoms with Crippen LogP contribution in [0.15, 0.2) is 24.3 Å². The van der Waals surface area contributed by atoms with E-state index in [1.54, 1.807) is 24.3 Å². The number of hydrogen-bond donors (Lipinski definition) is 2. The van der Waals surface area contributed by atoms with Crippen molar-refractivity contribution in [2.24, 2.45) is 5.92 Å². The topological polar surface area (TPSA) is 58.4 Å². The summed E-state index contributed by atoms with van der Waals surface area (Å²) >= 11 is 0. The molecule has 3 N–H and O–H groups in total. The molecular formula is C16H25N3O. The van der Waals surface area contributed by atoms with Crippen molar-refractivity contribution < 1.29 is 4.79 Å². The van der Waals surface area contributed by atoms with Gasteiger partial charge in [-0.25, -0.2) is 0 Å². The molecule has 0 aliphatic carbocycles. The number of amides is 1. The zero-order valence-corrected chi connectivity index (χ0v) is 12.4. The molecule has 1 atom stereocenters. The van der Waals surface area contributed by atoms with Crippen LogP contribution in [0.4, 0.5) is 5.69 Å². The van der Waals surface area contributed by atoms with E-state index in [1.807, 2.05) is 0 Å². The SMILES string of the molecule is CC1CCN(C(C)CNC(=O)c2cccc(N)c2)CC1. The van der Waals surface area contributed by atoms with E-state index < -0.39 is 0 Å². The zero-order chi connectivity index (χ0) is 14.5. The van der Waals surface area contributed by atoms with E-state index in [-0.39, 0.29) is 5.91 Å². The maximum absolute atomic E-state index is 12.1. The van der Waals surface area contributed by atoms with E-state index in [0.29, 0.717) is 23.8 Å². The summed E-state index contributed by atoms with van der Waals surface area (Å²) in [6.45, 7) is 7.44. The van der Waals surface area contributed by atoms with Crippen LogP contribution in [0.5, 0.6) is 0 Å². The average Bonchev–Trinajstić information content (AvgIpc) is 2.45. The molecular weight excluding hydrogens is 250 g/mol. The van der Waals surface area contributed by atoms with Gasteiger partial charge in [-0.15, -0.1) is 0 Å². The van der Waals surface area contributed by atoms with E-state index in [1.165, 1.54) is 12.8 Å². The summed E-state index contributed by atoms with van der Waals surface area (Å²) in [4.78, 5) is 14.5. The maximum Gasteiger partial charge on any atom is 0.251 e. The van der Waals surface area contributed by atoms with Gasteiger partial charge in [0.1, 0.15) is 0 Å². The van der Waals surface area contributed by atoms with Gasteiger partial charge in [-0.05, 0) is 57.0 Å². The van der Waals surface area contributed by atoms with Crippen molar-refractivity contribution in [1.82, 2.24) is 10.2 Å². The summed E-state index contributed by atoms with van der Waals surface area (Å²) in [5.74, 6) is 0.787. The molecule has 1 unspecified atom stereocenters. The van der Waals surface area contributed by atoms with Crippen LogP contribution in [0.25, 0.3) is 0 Å². The largest absolute Gasteiger partial charge is 0.399 e. The van der Waals surface area contributed by atoms with Crippen LogP contribution in [-0.2, 0) is 0 Å². The molecule has 1 amide bonds. The van der Waals surface area contributed by atoms with Gasteiger partial charge in [-0.1, -0.05) is 13.0 Å². The molecule has 1 heterocycles. The van der Waals surface area contributed by atoms with E-state index in [0.717, 1.165) is 19.0 Å². The van der Waals surface area contributed by atoms with Crippen LogP contribution in [0.3, 0.4) is 0 Å². The Kier molecular flexibility index (Phi) is 5.01. The molecule has 1 aliphatic heterocycles. The number of hydrogen-bond acceptors (Lipinski definition) is 3. The lowest BCUT2D eigenvalue weighted by Gasteiger charge is -2.35. The molecule has 0 spiro atoms. The van der Waals surface area contributed by atoms with Crippen LogP contribution in [0.1, 0.15) is 37.0 Å². The number of carbonyl (C=O) groups excluding carboxylic acids is 1. The van der Waals surface area contributed by atoms with Crippen molar-refractivity contribution in [2.45, 2.75) is 32.7 Å². The number of anilines is 1. The number of nitrogens with two attached hydrogens (primary N) is 1. The van der Waals surface area contributed by atoms with E-state index in [4.69, 9.17) is 5.73 Å². The van der Waals surface area contributed by atoms with Gasteiger partial charge >= 0.3 is 0 Å². The van der Waals surface area contributed by atoms with Gasteiger partial charge in [0.2, 0.25) is 0 Å². The molecule has 1 fully saturated rings. The van der Waals surface area contributed by atoms with Crippen molar-refractivity contribution in [3.63, 3.8) is 0 Å². The van der Waals surface area contributed by atoms with Crippen molar-refractivity contribution in [3.8, 4) is 0 Å². The number of benzene rings is 1. The number of carbonyl (C=O) groups is 1. The number of rotatable bonds is 4. The second-order valence-corrected chi connectivity index (χ2v) is 5.90. The van der Waals surface area contributed by atoms with Crippen LogP contribution in [-0.4, -0.2) is 36.5 Å². The Hall–Kier alpha value is -1.55. The van der Waals surface area contributed by atoms with E-state index in [9.17, 15) is 4.79 Å². The highest BCUT2D eigenvalue weighted by Crippen LogP contribution is 2.17. The fourth-order valence-electron chi connectivity index (χ4n) is 2.62. The molecule has 1 saturated heterocycles. The molecule has 1 aromatic rings. The second-order valence-electron chi connectivity index (χ2n) is 5.90. The Bertz CT molecular complexity index is 453. The average molecular weight is 275 g/mol. The highest BCUT2D eigenvalue weighted by atomic mass is 16.1. The smallest absolute Gasteiger partial charge is 0.251 e. The summed E-state index contributed by atoms with van der Waals surface area (Å²) in [5, 5.41) is 3.00. The van der Waals surface area contributed by atoms with Crippen molar-refractivity contribution in [1.29, 1.82) is 0 Å². The van der Waals surface area contributed by atoms with Gasteiger partial charge in [-0.3, -0.25) is 9.69 Å². The molecule has 4 heteroatoms. The van der Waals surface area contributed by atoms with E-state index in [2.05, 4.69) is 24.1 Å². The lowest BCUT2D eigenvalue weighted by Crippen LogP contribution is -2.45. The molecule has 4 nitrogen and oxygen atoms in total. The Labute approximate surface area is 121 Å². The number of piperidine rings is 1. The Balaban J connectivity index is 1.81. The first-order valence-electron chi connectivity index (χ1n) is 7.44. The summed E-state index contributed by atoms with van der Waals surface area (Å²) in [6.07, 6.45) is 2.51. The van der Waals surface area contributed by atoms with Gasteiger partial charge in [0.05, 0.1) is 0 Å². The van der Waals surface area contributed by atoms with Gasteiger partial charge in [0.15, 0.2) is 0 Å². The molecule has 2 rings (SSSR count). The molecule has 20 heavy (non-hydrogen) atoms. The van der Waals surface area contributed by atoms with E-state index >= 15 is 0 Å². The van der Waals surface area contributed by atoms with Gasteiger partial charge in [0.25, 0.3) is 5.91 Å². The van der Waals surface area contributed by atoms with Crippen molar-refractivity contribution in [3.05, 3.63) is 29.8 Å². The minimum Gasteiger partial charge on any atom is -0.399 e. The fourth-order valence-corrected chi connectivity index (χ4v) is 2.62. The van der Waals surface area contributed by atoms with Gasteiger partial charge in [0, 0.05) is 23.8 Å². The fraction of sp³-hybridized carbons (Fsp3) is 0.562. The molecule has 1 aromatic carbocycles. The predicted octanol–water partition coefficient (Wildman–Crippen LogP) is 2.12. The summed E-state index contributed by atoms with van der Waals surface area (Å²) in [6, 6.07) is 7.47. The van der Waals surface area contributed by atoms with Crippen LogP contribution < -0.4 is 11.1 Å². The predicted molar refractivity (Wildman–Crippen MR) is 82.6 cm³/mol. The van der Waals surface area contributed by atoms with Crippen molar-refractivity contribution >= 4 is 11.6 Å².